The summed E-state index contributed by atoms with van der Waals surface area (Å²) in [6.45, 7) is 8.33. The van der Waals surface area contributed by atoms with Crippen LogP contribution in [0.3, 0.4) is 0 Å². The van der Waals surface area contributed by atoms with Gasteiger partial charge in [0.25, 0.3) is 0 Å². The maximum atomic E-state index is 11.6. The molecule has 29 heavy (non-hydrogen) atoms. The van der Waals surface area contributed by atoms with Gasteiger partial charge in [-0.2, -0.15) is 0 Å². The van der Waals surface area contributed by atoms with Crippen LogP contribution in [0.5, 0.6) is 0 Å². The second-order valence-corrected chi connectivity index (χ2v) is 9.10. The van der Waals surface area contributed by atoms with E-state index in [0.717, 1.165) is 30.3 Å². The maximum absolute atomic E-state index is 11.6. The molecule has 1 heterocycles. The molecule has 0 unspecified atom stereocenters. The Morgan fingerprint density at radius 1 is 0.966 bits per heavy atom. The van der Waals surface area contributed by atoms with Gasteiger partial charge in [-0.25, -0.2) is 0 Å². The fourth-order valence-corrected chi connectivity index (χ4v) is 4.14. The van der Waals surface area contributed by atoms with E-state index in [9.17, 15) is 4.79 Å². The molecule has 0 aromatic heterocycles. The van der Waals surface area contributed by atoms with Gasteiger partial charge in [0.2, 0.25) is 0 Å². The van der Waals surface area contributed by atoms with E-state index < -0.39 is 0 Å². The highest BCUT2D eigenvalue weighted by Crippen LogP contribution is 2.37. The smallest absolute Gasteiger partial charge is 0.469 e. The molecule has 0 radical (unpaired) electrons. The number of carbonyl (C=O) groups excluding carboxylic acids is 1. The molecular weight excluding hydrogens is 363 g/mol. The molecule has 4 nitrogen and oxygen atoms in total. The number of aryl methyl sites for hydroxylation is 2. The third kappa shape index (κ3) is 3.74. The first-order valence-corrected chi connectivity index (χ1v) is 10.4. The van der Waals surface area contributed by atoms with Crippen LogP contribution in [0.25, 0.3) is 11.1 Å². The number of hydrogen-bond donors (Lipinski definition) is 0. The van der Waals surface area contributed by atoms with Gasteiger partial charge in [-0.1, -0.05) is 36.4 Å². The predicted molar refractivity (Wildman–Crippen MR) is 115 cm³/mol. The van der Waals surface area contributed by atoms with Gasteiger partial charge >= 0.3 is 13.1 Å². The molecule has 2 aromatic carbocycles. The van der Waals surface area contributed by atoms with Gasteiger partial charge in [-0.15, -0.1) is 0 Å². The average Bonchev–Trinajstić information content (AvgIpc) is 2.80. The van der Waals surface area contributed by atoms with Crippen LogP contribution in [0.15, 0.2) is 36.4 Å². The Labute approximate surface area is 173 Å². The van der Waals surface area contributed by atoms with Gasteiger partial charge in [-0.3, -0.25) is 4.79 Å². The summed E-state index contributed by atoms with van der Waals surface area (Å²) < 4.78 is 17.3. The number of hydrogen-bond acceptors (Lipinski definition) is 4. The van der Waals surface area contributed by atoms with Crippen molar-refractivity contribution in [2.75, 3.05) is 7.11 Å². The molecule has 5 heteroatoms. The molecule has 0 saturated carbocycles. The zero-order valence-corrected chi connectivity index (χ0v) is 18.0. The van der Waals surface area contributed by atoms with Crippen LogP contribution in [0.2, 0.25) is 0 Å². The summed E-state index contributed by atoms with van der Waals surface area (Å²) in [6, 6.07) is 12.9. The Balaban J connectivity index is 1.65. The van der Waals surface area contributed by atoms with Crippen molar-refractivity contribution in [2.45, 2.75) is 64.6 Å². The lowest BCUT2D eigenvalue weighted by molar-refractivity contribution is -0.139. The van der Waals surface area contributed by atoms with Crippen molar-refractivity contribution >= 4 is 18.6 Å². The quantitative estimate of drug-likeness (QED) is 0.588. The minimum Gasteiger partial charge on any atom is -0.469 e. The number of carbonyl (C=O) groups is 1. The number of esters is 1. The van der Waals surface area contributed by atoms with E-state index in [1.807, 2.05) is 6.07 Å². The minimum atomic E-state index is -0.340. The van der Waals surface area contributed by atoms with Gasteiger partial charge in [0, 0.05) is 0 Å². The topological polar surface area (TPSA) is 44.8 Å². The number of ether oxygens (including phenoxy) is 1. The van der Waals surface area contributed by atoms with Crippen molar-refractivity contribution < 1.29 is 18.8 Å². The second-order valence-electron chi connectivity index (χ2n) is 9.10. The summed E-state index contributed by atoms with van der Waals surface area (Å²) in [5.74, 6) is -0.203. The molecule has 152 valence electrons. The van der Waals surface area contributed by atoms with Crippen LogP contribution in [0.1, 0.15) is 50.8 Å². The third-order valence-corrected chi connectivity index (χ3v) is 6.58. The summed E-state index contributed by atoms with van der Waals surface area (Å²) >= 11 is 0. The fraction of sp³-hybridized carbons (Fsp3) is 0.458. The summed E-state index contributed by atoms with van der Waals surface area (Å²) in [5, 5.41) is 0. The number of rotatable bonds is 3. The Morgan fingerprint density at radius 3 is 2.17 bits per heavy atom. The average molecular weight is 392 g/mol. The van der Waals surface area contributed by atoms with Crippen molar-refractivity contribution in [3.8, 4) is 11.1 Å². The van der Waals surface area contributed by atoms with Gasteiger partial charge in [0.15, 0.2) is 0 Å². The zero-order valence-electron chi connectivity index (χ0n) is 18.0. The number of benzene rings is 2. The molecule has 1 aliphatic heterocycles. The van der Waals surface area contributed by atoms with E-state index in [-0.39, 0.29) is 24.3 Å². The van der Waals surface area contributed by atoms with E-state index >= 15 is 0 Å². The van der Waals surface area contributed by atoms with Crippen molar-refractivity contribution in [3.05, 3.63) is 53.1 Å². The molecule has 0 amide bonds. The molecule has 0 N–H and O–H groups in total. The number of methoxy groups -OCH3 is 1. The summed E-state index contributed by atoms with van der Waals surface area (Å²) in [5.41, 5.74) is 6.56. The number of fused-ring (bicyclic) bond motifs is 3. The van der Waals surface area contributed by atoms with Crippen LogP contribution in [0, 0.1) is 0 Å². The minimum absolute atomic E-state index is 0.203. The second kappa shape index (κ2) is 7.30. The van der Waals surface area contributed by atoms with Gasteiger partial charge < -0.3 is 14.0 Å². The van der Waals surface area contributed by atoms with Crippen molar-refractivity contribution in [2.24, 2.45) is 0 Å². The van der Waals surface area contributed by atoms with Gasteiger partial charge in [-0.05, 0) is 80.2 Å². The van der Waals surface area contributed by atoms with E-state index in [1.165, 1.54) is 29.4 Å². The lowest BCUT2D eigenvalue weighted by atomic mass is 9.77. The summed E-state index contributed by atoms with van der Waals surface area (Å²) in [6.07, 6.45) is 3.42. The largest absolute Gasteiger partial charge is 0.494 e. The van der Waals surface area contributed by atoms with Gasteiger partial charge in [0.1, 0.15) is 0 Å². The normalized spacial score (nSPS) is 19.3. The standard InChI is InChI=1S/C24H29BO4/c1-23(2)24(3,4)29-25(28-23)19-10-12-21-18(15-19)8-6-7-17-13-16(9-11-20(17)21)14-22(26)27-5/h9-13,15H,6-8,14H2,1-5H3. The molecule has 4 rings (SSSR count). The first kappa shape index (κ1) is 20.2. The van der Waals surface area contributed by atoms with E-state index in [1.54, 1.807) is 0 Å². The maximum Gasteiger partial charge on any atom is 0.494 e. The molecule has 2 aromatic rings. The Morgan fingerprint density at radius 2 is 1.55 bits per heavy atom. The van der Waals surface area contributed by atoms with Crippen molar-refractivity contribution in [1.82, 2.24) is 0 Å². The Kier molecular flexibility index (Phi) is 5.08. The van der Waals surface area contributed by atoms with E-state index in [0.29, 0.717) is 6.42 Å². The SMILES string of the molecule is COC(=O)Cc1ccc2c(c1)CCCc1cc(B3OC(C)(C)C(C)(C)O3)ccc1-2. The first-order chi connectivity index (χ1) is 13.7. The molecule has 1 fully saturated rings. The van der Waals surface area contributed by atoms with Gasteiger partial charge in [0.05, 0.1) is 24.7 Å². The first-order valence-electron chi connectivity index (χ1n) is 10.4. The van der Waals surface area contributed by atoms with Crippen LogP contribution in [0.4, 0.5) is 0 Å². The highest BCUT2D eigenvalue weighted by atomic mass is 16.7. The van der Waals surface area contributed by atoms with Crippen LogP contribution >= 0.6 is 0 Å². The Hall–Kier alpha value is -2.11. The third-order valence-electron chi connectivity index (χ3n) is 6.58. The molecule has 2 aliphatic rings. The molecule has 0 bridgehead atoms. The fourth-order valence-electron chi connectivity index (χ4n) is 4.14. The Bertz CT molecular complexity index is 932. The molecule has 1 saturated heterocycles. The highest BCUT2D eigenvalue weighted by molar-refractivity contribution is 6.62. The molecule has 1 aliphatic carbocycles. The zero-order chi connectivity index (χ0) is 20.8. The summed E-state index contributed by atoms with van der Waals surface area (Å²) in [4.78, 5) is 11.6. The predicted octanol–water partition coefficient (Wildman–Crippen LogP) is 3.86. The lowest BCUT2D eigenvalue weighted by Gasteiger charge is -2.32. The van der Waals surface area contributed by atoms with Crippen LogP contribution < -0.4 is 5.46 Å². The molecular formula is C24H29BO4. The van der Waals surface area contributed by atoms with E-state index in [2.05, 4.69) is 58.0 Å². The van der Waals surface area contributed by atoms with E-state index in [4.69, 9.17) is 14.0 Å². The van der Waals surface area contributed by atoms with Crippen molar-refractivity contribution in [1.29, 1.82) is 0 Å². The van der Waals surface area contributed by atoms with Crippen LogP contribution in [-0.4, -0.2) is 31.4 Å². The molecule has 0 atom stereocenters. The molecule has 0 spiro atoms. The van der Waals surface area contributed by atoms with Crippen molar-refractivity contribution in [3.63, 3.8) is 0 Å². The monoisotopic (exact) mass is 392 g/mol. The highest BCUT2D eigenvalue weighted by Gasteiger charge is 2.51. The summed E-state index contributed by atoms with van der Waals surface area (Å²) in [7, 11) is 1.09. The van der Waals surface area contributed by atoms with Crippen LogP contribution in [-0.2, 0) is 38.1 Å². The lowest BCUT2D eigenvalue weighted by Crippen LogP contribution is -2.41.